The summed E-state index contributed by atoms with van der Waals surface area (Å²) in [4.78, 5) is 31.2. The highest BCUT2D eigenvalue weighted by atomic mass is 32.2. The molecule has 1 saturated heterocycles. The largest absolute Gasteiger partial charge is 0.383 e. The molecule has 2 aliphatic heterocycles. The first-order chi connectivity index (χ1) is 14.2. The van der Waals surface area contributed by atoms with Crippen LogP contribution in [0.2, 0.25) is 0 Å². The highest BCUT2D eigenvalue weighted by molar-refractivity contribution is 7.99. The Labute approximate surface area is 175 Å². The molecule has 1 fully saturated rings. The van der Waals surface area contributed by atoms with Gasteiger partial charge in [-0.25, -0.2) is 4.79 Å². The van der Waals surface area contributed by atoms with Crippen LogP contribution in [0.25, 0.3) is 0 Å². The molecule has 0 saturated carbocycles. The number of nitrogens with one attached hydrogen (secondary N) is 1. The molecule has 2 aromatic rings. The van der Waals surface area contributed by atoms with Crippen molar-refractivity contribution in [3.05, 3.63) is 48.0 Å². The summed E-state index contributed by atoms with van der Waals surface area (Å²) in [6.45, 7) is 2.53. The van der Waals surface area contributed by atoms with E-state index in [0.717, 1.165) is 47.1 Å². The molecule has 6 nitrogen and oxygen atoms in total. The molecule has 7 heteroatoms. The Balaban J connectivity index is 1.64. The third-order valence-electron chi connectivity index (χ3n) is 5.25. The molecule has 0 unspecified atom stereocenters. The molecule has 0 spiro atoms. The number of urea groups is 1. The van der Waals surface area contributed by atoms with Crippen molar-refractivity contribution < 1.29 is 14.3 Å². The lowest BCUT2D eigenvalue weighted by Crippen LogP contribution is -2.38. The molecule has 1 N–H and O–H groups in total. The Morgan fingerprint density at radius 3 is 2.69 bits per heavy atom. The first-order valence-electron chi connectivity index (χ1n) is 9.95. The van der Waals surface area contributed by atoms with Crippen molar-refractivity contribution in [2.75, 3.05) is 43.6 Å². The molecule has 2 aromatic carbocycles. The van der Waals surface area contributed by atoms with Crippen molar-refractivity contribution in [2.45, 2.75) is 29.1 Å². The van der Waals surface area contributed by atoms with Gasteiger partial charge in [-0.1, -0.05) is 23.9 Å². The number of fused-ring (bicyclic) bond motifs is 2. The molecule has 4 rings (SSSR count). The number of amides is 3. The van der Waals surface area contributed by atoms with Gasteiger partial charge >= 0.3 is 6.03 Å². The summed E-state index contributed by atoms with van der Waals surface area (Å²) in [6.07, 6.45) is 3.30. The fourth-order valence-corrected chi connectivity index (χ4v) is 4.82. The van der Waals surface area contributed by atoms with Gasteiger partial charge in [0.15, 0.2) is 0 Å². The molecule has 0 bridgehead atoms. The van der Waals surface area contributed by atoms with Crippen molar-refractivity contribution >= 4 is 35.1 Å². The van der Waals surface area contributed by atoms with Crippen LogP contribution >= 0.6 is 11.8 Å². The van der Waals surface area contributed by atoms with Crippen LogP contribution < -0.4 is 10.2 Å². The number of carbonyl (C=O) groups is 2. The molecule has 152 valence electrons. The van der Waals surface area contributed by atoms with E-state index < -0.39 is 0 Å². The smallest absolute Gasteiger partial charge is 0.321 e. The van der Waals surface area contributed by atoms with E-state index >= 15 is 0 Å². The number of hydrogen-bond donors (Lipinski definition) is 1. The number of anilines is 2. The summed E-state index contributed by atoms with van der Waals surface area (Å²) in [5.41, 5.74) is 2.26. The maximum Gasteiger partial charge on any atom is 0.321 e. The lowest BCUT2D eigenvalue weighted by molar-refractivity contribution is 0.0973. The third-order valence-corrected chi connectivity index (χ3v) is 6.37. The summed E-state index contributed by atoms with van der Waals surface area (Å²) in [5.74, 6) is -0.0333. The maximum absolute atomic E-state index is 13.2. The average Bonchev–Trinajstić information content (AvgIpc) is 2.87. The van der Waals surface area contributed by atoms with Crippen LogP contribution in [0.4, 0.5) is 16.2 Å². The molecule has 2 heterocycles. The summed E-state index contributed by atoms with van der Waals surface area (Å²) < 4.78 is 5.22. The average molecular weight is 412 g/mol. The number of methoxy groups -OCH3 is 1. The lowest BCUT2D eigenvalue weighted by atomic mass is 10.1. The summed E-state index contributed by atoms with van der Waals surface area (Å²) in [5, 5.41) is 3.02. The monoisotopic (exact) mass is 411 g/mol. The molecular weight excluding hydrogens is 386 g/mol. The van der Waals surface area contributed by atoms with Crippen molar-refractivity contribution in [3.8, 4) is 0 Å². The Kier molecular flexibility index (Phi) is 6.06. The van der Waals surface area contributed by atoms with Crippen LogP contribution in [0.3, 0.4) is 0 Å². The zero-order valence-corrected chi connectivity index (χ0v) is 17.3. The SMILES string of the molecule is COCCN1C(=O)c2ccccc2Sc2cc(NC(=O)N3CCCCC3)ccc21. The van der Waals surface area contributed by atoms with E-state index in [1.54, 1.807) is 23.8 Å². The molecule has 0 aromatic heterocycles. The molecule has 0 radical (unpaired) electrons. The highest BCUT2D eigenvalue weighted by Gasteiger charge is 2.27. The minimum Gasteiger partial charge on any atom is -0.383 e. The van der Waals surface area contributed by atoms with E-state index in [0.29, 0.717) is 18.7 Å². The van der Waals surface area contributed by atoms with E-state index in [9.17, 15) is 9.59 Å². The van der Waals surface area contributed by atoms with E-state index in [1.165, 1.54) is 6.42 Å². The Morgan fingerprint density at radius 2 is 1.90 bits per heavy atom. The second-order valence-corrected chi connectivity index (χ2v) is 8.29. The number of hydrogen-bond acceptors (Lipinski definition) is 4. The minimum atomic E-state index is -0.0593. The number of benzene rings is 2. The van der Waals surface area contributed by atoms with Crippen LogP contribution in [-0.4, -0.2) is 50.2 Å². The Morgan fingerprint density at radius 1 is 1.10 bits per heavy atom. The zero-order chi connectivity index (χ0) is 20.2. The number of rotatable bonds is 4. The number of ether oxygens (including phenoxy) is 1. The van der Waals surface area contributed by atoms with Crippen LogP contribution in [0.5, 0.6) is 0 Å². The van der Waals surface area contributed by atoms with Gasteiger partial charge in [0.1, 0.15) is 0 Å². The normalized spacial score (nSPS) is 16.1. The summed E-state index contributed by atoms with van der Waals surface area (Å²) in [7, 11) is 1.63. The molecule has 3 amide bonds. The number of piperidine rings is 1. The first-order valence-corrected chi connectivity index (χ1v) is 10.8. The maximum atomic E-state index is 13.2. The van der Waals surface area contributed by atoms with Crippen LogP contribution in [0.1, 0.15) is 29.6 Å². The quantitative estimate of drug-likeness (QED) is 0.807. The summed E-state index contributed by atoms with van der Waals surface area (Å²) >= 11 is 1.55. The van der Waals surface area contributed by atoms with Gasteiger partial charge in [-0.2, -0.15) is 0 Å². The Bertz CT molecular complexity index is 912. The van der Waals surface area contributed by atoms with E-state index in [-0.39, 0.29) is 11.9 Å². The van der Waals surface area contributed by atoms with Crippen LogP contribution in [0.15, 0.2) is 52.3 Å². The van der Waals surface area contributed by atoms with Gasteiger partial charge in [-0.05, 0) is 49.6 Å². The molecule has 29 heavy (non-hydrogen) atoms. The Hall–Kier alpha value is -2.51. The third kappa shape index (κ3) is 4.26. The van der Waals surface area contributed by atoms with E-state index in [1.807, 2.05) is 47.4 Å². The van der Waals surface area contributed by atoms with Crippen molar-refractivity contribution in [1.29, 1.82) is 0 Å². The zero-order valence-electron chi connectivity index (χ0n) is 16.5. The summed E-state index contributed by atoms with van der Waals surface area (Å²) in [6, 6.07) is 13.3. The van der Waals surface area contributed by atoms with Gasteiger partial charge in [-0.3, -0.25) is 4.79 Å². The van der Waals surface area contributed by atoms with Gasteiger partial charge in [-0.15, -0.1) is 0 Å². The van der Waals surface area contributed by atoms with E-state index in [2.05, 4.69) is 5.32 Å². The fraction of sp³-hybridized carbons (Fsp3) is 0.364. The molecule has 0 atom stereocenters. The van der Waals surface area contributed by atoms with Gasteiger partial charge in [0.25, 0.3) is 5.91 Å². The number of carbonyl (C=O) groups excluding carboxylic acids is 2. The number of likely N-dealkylation sites (tertiary alicyclic amines) is 1. The molecular formula is C22H25N3O3S. The minimum absolute atomic E-state index is 0.0333. The molecule has 0 aliphatic carbocycles. The first kappa shape index (κ1) is 19.8. The predicted molar refractivity (Wildman–Crippen MR) is 115 cm³/mol. The molecule has 2 aliphatic rings. The van der Waals surface area contributed by atoms with Gasteiger partial charge in [0, 0.05) is 42.2 Å². The van der Waals surface area contributed by atoms with Crippen molar-refractivity contribution in [1.82, 2.24) is 4.90 Å². The van der Waals surface area contributed by atoms with Gasteiger partial charge in [0.05, 0.1) is 17.9 Å². The van der Waals surface area contributed by atoms with E-state index in [4.69, 9.17) is 4.74 Å². The van der Waals surface area contributed by atoms with Crippen molar-refractivity contribution in [2.24, 2.45) is 0 Å². The number of nitrogens with zero attached hydrogens (tertiary/aromatic N) is 2. The predicted octanol–water partition coefficient (Wildman–Crippen LogP) is 4.46. The lowest BCUT2D eigenvalue weighted by Gasteiger charge is -2.27. The fourth-order valence-electron chi connectivity index (χ4n) is 3.71. The second kappa shape index (κ2) is 8.88. The second-order valence-electron chi connectivity index (χ2n) is 7.21. The van der Waals surface area contributed by atoms with Crippen LogP contribution in [-0.2, 0) is 4.74 Å². The standard InChI is InChI=1S/C22H25N3O3S/c1-28-14-13-25-18-10-9-16(23-22(27)24-11-5-2-6-12-24)15-20(18)29-19-8-4-3-7-17(19)21(25)26/h3-4,7-10,15H,2,5-6,11-14H2,1H3,(H,23,27). The van der Waals surface area contributed by atoms with Gasteiger partial charge < -0.3 is 19.9 Å². The van der Waals surface area contributed by atoms with Crippen LogP contribution in [0, 0.1) is 0 Å². The van der Waals surface area contributed by atoms with Gasteiger partial charge in [0.2, 0.25) is 0 Å². The highest BCUT2D eigenvalue weighted by Crippen LogP contribution is 2.42. The topological polar surface area (TPSA) is 61.9 Å². The van der Waals surface area contributed by atoms with Crippen molar-refractivity contribution in [3.63, 3.8) is 0 Å².